The van der Waals surface area contributed by atoms with Crippen LogP contribution in [0.4, 0.5) is 9.52 Å². The zero-order chi connectivity index (χ0) is 18.8. The quantitative estimate of drug-likeness (QED) is 0.547. The molecule has 2 aromatic carbocycles. The number of rotatable bonds is 4. The number of hydrogen-bond donors (Lipinski definition) is 1. The SMILES string of the molecule is Cc1[nH]n(-c2ccc(F)cc2)c(=O)c1C=Nc1nnc(-c2ccccc2)s1. The number of hydrogen-bond acceptors (Lipinski definition) is 5. The molecule has 0 fully saturated rings. The van der Waals surface area contributed by atoms with E-state index in [-0.39, 0.29) is 11.4 Å². The summed E-state index contributed by atoms with van der Waals surface area (Å²) >= 11 is 1.34. The van der Waals surface area contributed by atoms with Crippen LogP contribution >= 0.6 is 11.3 Å². The summed E-state index contributed by atoms with van der Waals surface area (Å²) in [4.78, 5) is 16.9. The Kier molecular flexibility index (Phi) is 4.47. The van der Waals surface area contributed by atoms with E-state index in [1.165, 1.54) is 46.5 Å². The first kappa shape index (κ1) is 17.0. The van der Waals surface area contributed by atoms with Crippen molar-refractivity contribution in [2.24, 2.45) is 4.99 Å². The van der Waals surface area contributed by atoms with E-state index in [4.69, 9.17) is 0 Å². The smallest absolute Gasteiger partial charge is 0.280 e. The summed E-state index contributed by atoms with van der Waals surface area (Å²) in [7, 11) is 0. The Morgan fingerprint density at radius 2 is 1.85 bits per heavy atom. The molecule has 0 unspecified atom stereocenters. The van der Waals surface area contributed by atoms with Gasteiger partial charge in [0.05, 0.1) is 11.3 Å². The molecule has 2 heterocycles. The molecule has 0 saturated heterocycles. The van der Waals surface area contributed by atoms with E-state index in [0.29, 0.717) is 22.1 Å². The van der Waals surface area contributed by atoms with E-state index in [1.807, 2.05) is 30.3 Å². The Hall–Kier alpha value is -3.39. The molecule has 0 aliphatic rings. The topological polar surface area (TPSA) is 75.9 Å². The van der Waals surface area contributed by atoms with Crippen LogP contribution in [0.15, 0.2) is 64.4 Å². The predicted octanol–water partition coefficient (Wildman–Crippen LogP) is 3.88. The average molecular weight is 379 g/mol. The molecule has 8 heteroatoms. The van der Waals surface area contributed by atoms with Gasteiger partial charge in [0.1, 0.15) is 10.8 Å². The lowest BCUT2D eigenvalue weighted by Gasteiger charge is -2.00. The molecule has 0 aliphatic heterocycles. The van der Waals surface area contributed by atoms with E-state index in [2.05, 4.69) is 20.3 Å². The van der Waals surface area contributed by atoms with Crippen LogP contribution in [0.25, 0.3) is 16.3 Å². The minimum absolute atomic E-state index is 0.268. The molecular weight excluding hydrogens is 365 g/mol. The highest BCUT2D eigenvalue weighted by Gasteiger charge is 2.11. The highest BCUT2D eigenvalue weighted by atomic mass is 32.1. The van der Waals surface area contributed by atoms with Crippen molar-refractivity contribution < 1.29 is 4.39 Å². The summed E-state index contributed by atoms with van der Waals surface area (Å²) < 4.78 is 14.4. The van der Waals surface area contributed by atoms with Crippen LogP contribution in [0.2, 0.25) is 0 Å². The van der Waals surface area contributed by atoms with Gasteiger partial charge >= 0.3 is 0 Å². The molecular formula is C19H14FN5OS. The van der Waals surface area contributed by atoms with Gasteiger partial charge in [-0.05, 0) is 31.2 Å². The van der Waals surface area contributed by atoms with Crippen LogP contribution in [-0.4, -0.2) is 26.2 Å². The molecule has 134 valence electrons. The predicted molar refractivity (Wildman–Crippen MR) is 104 cm³/mol. The maximum absolute atomic E-state index is 13.1. The summed E-state index contributed by atoms with van der Waals surface area (Å²) in [5, 5.41) is 12.4. The van der Waals surface area contributed by atoms with Crippen molar-refractivity contribution in [3.05, 3.63) is 82.0 Å². The minimum atomic E-state index is -0.359. The van der Waals surface area contributed by atoms with Gasteiger partial charge in [-0.3, -0.25) is 9.89 Å². The highest BCUT2D eigenvalue weighted by Crippen LogP contribution is 2.27. The Morgan fingerprint density at radius 1 is 1.11 bits per heavy atom. The lowest BCUT2D eigenvalue weighted by molar-refractivity contribution is 0.627. The summed E-state index contributed by atoms with van der Waals surface area (Å²) in [5.41, 5.74) is 2.31. The first-order valence-electron chi connectivity index (χ1n) is 8.12. The second-order valence-electron chi connectivity index (χ2n) is 5.78. The fourth-order valence-corrected chi connectivity index (χ4v) is 3.26. The van der Waals surface area contributed by atoms with Crippen molar-refractivity contribution in [2.45, 2.75) is 6.92 Å². The maximum atomic E-state index is 13.1. The number of aromatic nitrogens is 4. The first-order valence-corrected chi connectivity index (χ1v) is 8.94. The van der Waals surface area contributed by atoms with Gasteiger partial charge in [-0.25, -0.2) is 14.1 Å². The van der Waals surface area contributed by atoms with Crippen LogP contribution in [0.3, 0.4) is 0 Å². The monoisotopic (exact) mass is 379 g/mol. The third-order valence-corrected chi connectivity index (χ3v) is 4.82. The van der Waals surface area contributed by atoms with Gasteiger partial charge in [0.2, 0.25) is 5.13 Å². The van der Waals surface area contributed by atoms with Gasteiger partial charge < -0.3 is 0 Å². The largest absolute Gasteiger partial charge is 0.295 e. The lowest BCUT2D eigenvalue weighted by atomic mass is 10.2. The number of aliphatic imine (C=N–C) groups is 1. The van der Waals surface area contributed by atoms with Crippen LogP contribution < -0.4 is 5.56 Å². The zero-order valence-electron chi connectivity index (χ0n) is 14.3. The summed E-state index contributed by atoms with van der Waals surface area (Å²) in [6.07, 6.45) is 1.48. The fraction of sp³-hybridized carbons (Fsp3) is 0.0526. The average Bonchev–Trinajstić information content (AvgIpc) is 3.27. The zero-order valence-corrected chi connectivity index (χ0v) is 15.1. The van der Waals surface area contributed by atoms with Gasteiger partial charge in [0.25, 0.3) is 5.56 Å². The number of aryl methyl sites for hydroxylation is 1. The van der Waals surface area contributed by atoms with Crippen molar-refractivity contribution in [1.82, 2.24) is 20.0 Å². The lowest BCUT2D eigenvalue weighted by Crippen LogP contribution is -2.17. The van der Waals surface area contributed by atoms with Crippen LogP contribution in [0.1, 0.15) is 11.3 Å². The van der Waals surface area contributed by atoms with E-state index in [1.54, 1.807) is 6.92 Å². The molecule has 0 saturated carbocycles. The first-order chi connectivity index (χ1) is 13.1. The second-order valence-corrected chi connectivity index (χ2v) is 6.74. The molecule has 0 amide bonds. The van der Waals surface area contributed by atoms with Crippen LogP contribution in [0, 0.1) is 12.7 Å². The van der Waals surface area contributed by atoms with E-state index < -0.39 is 0 Å². The van der Waals surface area contributed by atoms with Gasteiger partial charge in [-0.15, -0.1) is 10.2 Å². The number of benzene rings is 2. The number of aromatic amines is 1. The number of halogens is 1. The second kappa shape index (κ2) is 7.08. The van der Waals surface area contributed by atoms with Crippen LogP contribution in [0.5, 0.6) is 0 Å². The third-order valence-electron chi connectivity index (χ3n) is 3.94. The molecule has 0 bridgehead atoms. The molecule has 0 atom stereocenters. The minimum Gasteiger partial charge on any atom is -0.295 e. The summed E-state index contributed by atoms with van der Waals surface area (Å²) in [6.45, 7) is 1.78. The molecule has 6 nitrogen and oxygen atoms in total. The van der Waals surface area contributed by atoms with E-state index >= 15 is 0 Å². The molecule has 27 heavy (non-hydrogen) atoms. The van der Waals surface area contributed by atoms with Gasteiger partial charge in [-0.1, -0.05) is 41.7 Å². The van der Waals surface area contributed by atoms with Crippen molar-refractivity contribution in [3.8, 4) is 16.3 Å². The molecule has 0 spiro atoms. The normalized spacial score (nSPS) is 11.3. The molecule has 4 aromatic rings. The third kappa shape index (κ3) is 3.47. The molecule has 1 N–H and O–H groups in total. The van der Waals surface area contributed by atoms with Crippen molar-refractivity contribution in [3.63, 3.8) is 0 Å². The Balaban J connectivity index is 1.63. The fourth-order valence-electron chi connectivity index (χ4n) is 2.57. The Labute approximate surface area is 157 Å². The maximum Gasteiger partial charge on any atom is 0.280 e. The van der Waals surface area contributed by atoms with E-state index in [0.717, 1.165) is 10.6 Å². The summed E-state index contributed by atoms with van der Waals surface area (Å²) in [5.74, 6) is -0.359. The number of nitrogens with one attached hydrogen (secondary N) is 1. The number of H-pyrrole nitrogens is 1. The van der Waals surface area contributed by atoms with Crippen LogP contribution in [-0.2, 0) is 0 Å². The highest BCUT2D eigenvalue weighted by molar-refractivity contribution is 7.18. The standard InChI is InChI=1S/C19H14FN5OS/c1-12-16(18(26)25(24-12)15-9-7-14(20)8-10-15)11-21-19-23-22-17(27-19)13-5-3-2-4-6-13/h2-11,24H,1H3. The Bertz CT molecular complexity index is 1160. The Morgan fingerprint density at radius 3 is 2.59 bits per heavy atom. The van der Waals surface area contributed by atoms with Crippen molar-refractivity contribution >= 4 is 22.7 Å². The van der Waals surface area contributed by atoms with Gasteiger partial charge in [-0.2, -0.15) is 0 Å². The summed E-state index contributed by atoms with van der Waals surface area (Å²) in [6, 6.07) is 15.4. The van der Waals surface area contributed by atoms with Gasteiger partial charge in [0, 0.05) is 17.5 Å². The number of nitrogens with zero attached hydrogens (tertiary/aromatic N) is 4. The molecule has 4 rings (SSSR count). The molecule has 0 aliphatic carbocycles. The van der Waals surface area contributed by atoms with Crippen molar-refractivity contribution in [2.75, 3.05) is 0 Å². The molecule has 0 radical (unpaired) electrons. The van der Waals surface area contributed by atoms with Crippen molar-refractivity contribution in [1.29, 1.82) is 0 Å². The van der Waals surface area contributed by atoms with E-state index in [9.17, 15) is 9.18 Å². The molecule has 2 aromatic heterocycles. The van der Waals surface area contributed by atoms with Gasteiger partial charge in [0.15, 0.2) is 0 Å².